The first-order chi connectivity index (χ1) is 12.0. The van der Waals surface area contributed by atoms with Crippen LogP contribution in [0.5, 0.6) is 0 Å². The van der Waals surface area contributed by atoms with E-state index >= 15 is 0 Å². The van der Waals surface area contributed by atoms with E-state index in [1.807, 2.05) is 6.07 Å². The van der Waals surface area contributed by atoms with E-state index in [9.17, 15) is 14.9 Å². The van der Waals surface area contributed by atoms with Crippen LogP contribution in [0, 0.1) is 11.3 Å². The van der Waals surface area contributed by atoms with Crippen molar-refractivity contribution in [2.24, 2.45) is 0 Å². The fourth-order valence-corrected chi connectivity index (χ4v) is 1.96. The molecule has 0 fully saturated rings. The van der Waals surface area contributed by atoms with Crippen LogP contribution < -0.4 is 16.4 Å². The van der Waals surface area contributed by atoms with E-state index in [0.29, 0.717) is 17.1 Å². The van der Waals surface area contributed by atoms with Crippen molar-refractivity contribution < 1.29 is 14.3 Å². The Morgan fingerprint density at radius 3 is 2.48 bits per heavy atom. The highest BCUT2D eigenvalue weighted by molar-refractivity contribution is 6.07. The van der Waals surface area contributed by atoms with E-state index in [0.717, 1.165) is 0 Å². The van der Waals surface area contributed by atoms with Crippen LogP contribution >= 0.6 is 0 Å². The van der Waals surface area contributed by atoms with Crippen LogP contribution in [-0.2, 0) is 9.53 Å². The fraction of sp³-hybridized carbons (Fsp3) is 0.0556. The maximum atomic E-state index is 12.2. The summed E-state index contributed by atoms with van der Waals surface area (Å²) in [6, 6.07) is 14.9. The molecule has 2 aromatic rings. The Balaban J connectivity index is 2.15. The SMILES string of the molecule is COC(=O)c1ccccc1N/C=C(/C#N)C(=O)Nc1ccc(N)cc1. The molecule has 2 aromatic carbocycles. The summed E-state index contributed by atoms with van der Waals surface area (Å²) in [4.78, 5) is 23.9. The number of methoxy groups -OCH3 is 1. The van der Waals surface area contributed by atoms with E-state index in [1.165, 1.54) is 13.3 Å². The zero-order valence-corrected chi connectivity index (χ0v) is 13.4. The molecule has 0 saturated carbocycles. The van der Waals surface area contributed by atoms with Gasteiger partial charge in [0.15, 0.2) is 0 Å². The molecule has 0 aliphatic rings. The molecule has 2 rings (SSSR count). The number of nitrogens with two attached hydrogens (primary N) is 1. The number of para-hydroxylation sites is 1. The summed E-state index contributed by atoms with van der Waals surface area (Å²) < 4.78 is 4.69. The summed E-state index contributed by atoms with van der Waals surface area (Å²) >= 11 is 0. The quantitative estimate of drug-likeness (QED) is 0.334. The number of nitrogens with one attached hydrogen (secondary N) is 2. The molecule has 0 aromatic heterocycles. The minimum Gasteiger partial charge on any atom is -0.465 e. The van der Waals surface area contributed by atoms with E-state index in [1.54, 1.807) is 48.5 Å². The third-order valence-corrected chi connectivity index (χ3v) is 3.24. The average molecular weight is 336 g/mol. The van der Waals surface area contributed by atoms with Crippen LogP contribution in [0.1, 0.15) is 10.4 Å². The minimum atomic E-state index is -0.588. The molecule has 0 aliphatic carbocycles. The normalized spacial score (nSPS) is 10.5. The van der Waals surface area contributed by atoms with E-state index in [2.05, 4.69) is 10.6 Å². The molecule has 0 atom stereocenters. The number of nitrogens with zero attached hydrogens (tertiary/aromatic N) is 1. The highest BCUT2D eigenvalue weighted by Crippen LogP contribution is 2.17. The van der Waals surface area contributed by atoms with Gasteiger partial charge in [0.1, 0.15) is 11.6 Å². The number of hydrogen-bond acceptors (Lipinski definition) is 6. The summed E-state index contributed by atoms with van der Waals surface area (Å²) in [6.07, 6.45) is 1.23. The Bertz CT molecular complexity index is 851. The lowest BCUT2D eigenvalue weighted by atomic mass is 10.2. The first-order valence-corrected chi connectivity index (χ1v) is 7.26. The summed E-state index contributed by atoms with van der Waals surface area (Å²) in [5.74, 6) is -1.11. The second-order valence-corrected chi connectivity index (χ2v) is 4.93. The van der Waals surface area contributed by atoms with Gasteiger partial charge < -0.3 is 21.1 Å². The summed E-state index contributed by atoms with van der Waals surface area (Å²) in [6.45, 7) is 0. The third kappa shape index (κ3) is 4.59. The van der Waals surface area contributed by atoms with Gasteiger partial charge >= 0.3 is 5.97 Å². The number of nitrogen functional groups attached to an aromatic ring is 1. The number of carbonyl (C=O) groups is 2. The van der Waals surface area contributed by atoms with Crippen molar-refractivity contribution in [3.8, 4) is 6.07 Å². The highest BCUT2D eigenvalue weighted by atomic mass is 16.5. The lowest BCUT2D eigenvalue weighted by Crippen LogP contribution is -2.15. The van der Waals surface area contributed by atoms with Gasteiger partial charge in [0, 0.05) is 17.6 Å². The van der Waals surface area contributed by atoms with Crippen molar-refractivity contribution in [2.45, 2.75) is 0 Å². The molecule has 7 nitrogen and oxygen atoms in total. The molecular weight excluding hydrogens is 320 g/mol. The zero-order valence-electron chi connectivity index (χ0n) is 13.4. The Kier molecular flexibility index (Phi) is 5.74. The minimum absolute atomic E-state index is 0.156. The Morgan fingerprint density at radius 2 is 1.84 bits per heavy atom. The molecule has 0 spiro atoms. The van der Waals surface area contributed by atoms with Crippen molar-refractivity contribution in [1.29, 1.82) is 5.26 Å². The molecule has 1 amide bonds. The number of nitriles is 1. The van der Waals surface area contributed by atoms with Crippen molar-refractivity contribution >= 4 is 28.9 Å². The molecule has 0 heterocycles. The van der Waals surface area contributed by atoms with Gasteiger partial charge in [0.25, 0.3) is 5.91 Å². The molecule has 0 unspecified atom stereocenters. The van der Waals surface area contributed by atoms with Gasteiger partial charge in [-0.1, -0.05) is 12.1 Å². The number of esters is 1. The topological polar surface area (TPSA) is 117 Å². The predicted octanol–water partition coefficient (Wildman–Crippen LogP) is 2.51. The van der Waals surface area contributed by atoms with Gasteiger partial charge in [0.05, 0.1) is 18.4 Å². The first-order valence-electron chi connectivity index (χ1n) is 7.26. The first kappa shape index (κ1) is 17.6. The van der Waals surface area contributed by atoms with Gasteiger partial charge in [-0.25, -0.2) is 4.79 Å². The van der Waals surface area contributed by atoms with Crippen molar-refractivity contribution in [2.75, 3.05) is 23.5 Å². The van der Waals surface area contributed by atoms with E-state index in [-0.39, 0.29) is 11.1 Å². The van der Waals surface area contributed by atoms with Gasteiger partial charge in [-0.05, 0) is 36.4 Å². The third-order valence-electron chi connectivity index (χ3n) is 3.24. The molecule has 25 heavy (non-hydrogen) atoms. The van der Waals surface area contributed by atoms with Crippen molar-refractivity contribution in [1.82, 2.24) is 0 Å². The Hall–Kier alpha value is -3.79. The van der Waals surface area contributed by atoms with E-state index in [4.69, 9.17) is 10.5 Å². The van der Waals surface area contributed by atoms with Crippen LogP contribution in [0.25, 0.3) is 0 Å². The summed E-state index contributed by atoms with van der Waals surface area (Å²) in [7, 11) is 1.27. The number of carbonyl (C=O) groups excluding carboxylic acids is 2. The van der Waals surface area contributed by atoms with Crippen LogP contribution in [-0.4, -0.2) is 19.0 Å². The van der Waals surface area contributed by atoms with E-state index < -0.39 is 11.9 Å². The number of hydrogen-bond donors (Lipinski definition) is 3. The molecule has 4 N–H and O–H groups in total. The predicted molar refractivity (Wildman–Crippen MR) is 94.6 cm³/mol. The molecule has 0 aliphatic heterocycles. The van der Waals surface area contributed by atoms with Crippen molar-refractivity contribution in [3.63, 3.8) is 0 Å². The van der Waals surface area contributed by atoms with Gasteiger partial charge in [-0.3, -0.25) is 4.79 Å². The molecule has 126 valence electrons. The standard InChI is InChI=1S/C18H16N4O3/c1-25-18(24)15-4-2-3-5-16(15)21-11-12(10-19)17(23)22-14-8-6-13(20)7-9-14/h2-9,11,21H,20H2,1H3,(H,22,23)/b12-11-. The Morgan fingerprint density at radius 1 is 1.16 bits per heavy atom. The number of rotatable bonds is 5. The monoisotopic (exact) mass is 336 g/mol. The molecule has 0 bridgehead atoms. The maximum absolute atomic E-state index is 12.2. The molecule has 0 radical (unpaired) electrons. The Labute approximate surface area is 144 Å². The van der Waals surface area contributed by atoms with Gasteiger partial charge in [-0.2, -0.15) is 5.26 Å². The van der Waals surface area contributed by atoms with Gasteiger partial charge in [-0.15, -0.1) is 0 Å². The summed E-state index contributed by atoms with van der Waals surface area (Å²) in [5, 5.41) is 14.6. The number of amides is 1. The second kappa shape index (κ2) is 8.17. The molecule has 0 saturated heterocycles. The second-order valence-electron chi connectivity index (χ2n) is 4.93. The van der Waals surface area contributed by atoms with Crippen LogP contribution in [0.2, 0.25) is 0 Å². The zero-order chi connectivity index (χ0) is 18.2. The number of benzene rings is 2. The molecular formula is C18H16N4O3. The van der Waals surface area contributed by atoms with Crippen molar-refractivity contribution in [3.05, 3.63) is 65.9 Å². The highest BCUT2D eigenvalue weighted by Gasteiger charge is 2.12. The number of anilines is 3. The maximum Gasteiger partial charge on any atom is 0.339 e. The number of ether oxygens (including phenoxy) is 1. The average Bonchev–Trinajstić information content (AvgIpc) is 2.64. The smallest absolute Gasteiger partial charge is 0.339 e. The van der Waals surface area contributed by atoms with Crippen LogP contribution in [0.4, 0.5) is 17.1 Å². The van der Waals surface area contributed by atoms with Crippen LogP contribution in [0.3, 0.4) is 0 Å². The summed E-state index contributed by atoms with van der Waals surface area (Å²) in [5.41, 5.74) is 7.21. The fourth-order valence-electron chi connectivity index (χ4n) is 1.96. The lowest BCUT2D eigenvalue weighted by molar-refractivity contribution is -0.112. The lowest BCUT2D eigenvalue weighted by Gasteiger charge is -2.08. The largest absolute Gasteiger partial charge is 0.465 e. The van der Waals surface area contributed by atoms with Crippen LogP contribution in [0.15, 0.2) is 60.3 Å². The molecule has 7 heteroatoms. The van der Waals surface area contributed by atoms with Gasteiger partial charge in [0.2, 0.25) is 0 Å².